The van der Waals surface area contributed by atoms with Crippen molar-refractivity contribution in [3.8, 4) is 0 Å². The van der Waals surface area contributed by atoms with Crippen LogP contribution in [0.25, 0.3) is 0 Å². The van der Waals surface area contributed by atoms with E-state index >= 15 is 0 Å². The molecular weight excluding hydrogens is 308 g/mol. The largest absolute Gasteiger partial charge is 0.378 e. The lowest BCUT2D eigenvalue weighted by atomic mass is 9.73. The van der Waals surface area contributed by atoms with Crippen molar-refractivity contribution in [3.05, 3.63) is 26.3 Å². The van der Waals surface area contributed by atoms with Crippen molar-refractivity contribution in [2.75, 3.05) is 7.11 Å². The maximum absolute atomic E-state index is 11.9. The van der Waals surface area contributed by atoms with Crippen LogP contribution in [0.1, 0.15) is 57.0 Å². The molecule has 1 N–H and O–H groups in total. The van der Waals surface area contributed by atoms with Crippen LogP contribution in [0.2, 0.25) is 0 Å². The topological polar surface area (TPSA) is 55.0 Å². The number of aromatic nitrogens is 2. The van der Waals surface area contributed by atoms with E-state index in [9.17, 15) is 4.79 Å². The average Bonchev–Trinajstić information content (AvgIpc) is 2.35. The third kappa shape index (κ3) is 3.45. The zero-order chi connectivity index (χ0) is 14.0. The summed E-state index contributed by atoms with van der Waals surface area (Å²) in [6.07, 6.45) is 4.53. The van der Waals surface area contributed by atoms with Gasteiger partial charge in [0.25, 0.3) is 5.56 Å². The van der Waals surface area contributed by atoms with Crippen LogP contribution in [-0.2, 0) is 11.3 Å². The predicted octanol–water partition coefficient (Wildman–Crippen LogP) is 3.36. The van der Waals surface area contributed by atoms with Crippen molar-refractivity contribution >= 4 is 15.9 Å². The Kier molecular flexibility index (Phi) is 4.46. The molecule has 0 unspecified atom stereocenters. The number of hydrogen-bond acceptors (Lipinski definition) is 3. The molecule has 2 rings (SSSR count). The number of methoxy groups -OCH3 is 1. The van der Waals surface area contributed by atoms with E-state index in [-0.39, 0.29) is 5.56 Å². The van der Waals surface area contributed by atoms with Crippen molar-refractivity contribution in [2.45, 2.75) is 52.1 Å². The van der Waals surface area contributed by atoms with Crippen LogP contribution in [-0.4, -0.2) is 17.1 Å². The molecular formula is C14H21BrN2O2. The second-order valence-corrected chi connectivity index (χ2v) is 6.88. The number of aromatic amines is 1. The second kappa shape index (κ2) is 5.75. The van der Waals surface area contributed by atoms with Crippen molar-refractivity contribution in [2.24, 2.45) is 5.41 Å². The molecule has 1 heterocycles. The van der Waals surface area contributed by atoms with Gasteiger partial charge in [-0.2, -0.15) is 0 Å². The zero-order valence-corrected chi connectivity index (χ0v) is 13.3. The summed E-state index contributed by atoms with van der Waals surface area (Å²) in [4.78, 5) is 19.4. The van der Waals surface area contributed by atoms with Gasteiger partial charge in [-0.25, -0.2) is 4.98 Å². The summed E-state index contributed by atoms with van der Waals surface area (Å²) < 4.78 is 5.57. The van der Waals surface area contributed by atoms with E-state index < -0.39 is 0 Å². The summed E-state index contributed by atoms with van der Waals surface area (Å²) in [6, 6.07) is 0. The standard InChI is InChI=1S/C14H21BrN2O2/c1-14(2)6-4-9(5-7-14)12-16-10(8-19-3)11(15)13(18)17-12/h9H,4-8H2,1-3H3,(H,16,17,18). The number of rotatable bonds is 3. The molecule has 5 heteroatoms. The fourth-order valence-corrected chi connectivity index (χ4v) is 2.93. The third-order valence-electron chi connectivity index (χ3n) is 3.96. The number of nitrogens with zero attached hydrogens (tertiary/aromatic N) is 1. The summed E-state index contributed by atoms with van der Waals surface area (Å²) in [6.45, 7) is 4.96. The van der Waals surface area contributed by atoms with Crippen molar-refractivity contribution in [3.63, 3.8) is 0 Å². The molecule has 1 aliphatic carbocycles. The highest BCUT2D eigenvalue weighted by molar-refractivity contribution is 9.10. The van der Waals surface area contributed by atoms with Crippen LogP contribution >= 0.6 is 15.9 Å². The van der Waals surface area contributed by atoms with E-state index in [0.29, 0.717) is 28.1 Å². The molecule has 1 fully saturated rings. The molecule has 1 aromatic rings. The van der Waals surface area contributed by atoms with Gasteiger partial charge in [-0.1, -0.05) is 13.8 Å². The Morgan fingerprint density at radius 3 is 2.63 bits per heavy atom. The molecule has 0 saturated heterocycles. The van der Waals surface area contributed by atoms with Gasteiger partial charge in [0, 0.05) is 13.0 Å². The lowest BCUT2D eigenvalue weighted by Crippen LogP contribution is -2.24. The van der Waals surface area contributed by atoms with Crippen LogP contribution in [0, 0.1) is 5.41 Å². The predicted molar refractivity (Wildman–Crippen MR) is 78.3 cm³/mol. The summed E-state index contributed by atoms with van der Waals surface area (Å²) in [5, 5.41) is 0. The first-order chi connectivity index (χ1) is 8.93. The minimum Gasteiger partial charge on any atom is -0.378 e. The van der Waals surface area contributed by atoms with Crippen LogP contribution in [0.3, 0.4) is 0 Å². The van der Waals surface area contributed by atoms with Crippen molar-refractivity contribution < 1.29 is 4.74 Å². The molecule has 1 saturated carbocycles. The van der Waals surface area contributed by atoms with E-state index in [4.69, 9.17) is 4.74 Å². The van der Waals surface area contributed by atoms with E-state index in [1.54, 1.807) is 7.11 Å². The number of halogens is 1. The van der Waals surface area contributed by atoms with Gasteiger partial charge in [0.2, 0.25) is 0 Å². The lowest BCUT2D eigenvalue weighted by molar-refractivity contribution is 0.179. The Balaban J connectivity index is 2.24. The lowest BCUT2D eigenvalue weighted by Gasteiger charge is -2.33. The van der Waals surface area contributed by atoms with Crippen LogP contribution < -0.4 is 5.56 Å². The number of nitrogens with one attached hydrogen (secondary N) is 1. The molecule has 19 heavy (non-hydrogen) atoms. The van der Waals surface area contributed by atoms with E-state index in [2.05, 4.69) is 39.7 Å². The maximum atomic E-state index is 11.9. The Morgan fingerprint density at radius 1 is 1.42 bits per heavy atom. The highest BCUT2D eigenvalue weighted by Crippen LogP contribution is 2.41. The van der Waals surface area contributed by atoms with Gasteiger partial charge >= 0.3 is 0 Å². The molecule has 0 aromatic carbocycles. The van der Waals surface area contributed by atoms with Gasteiger partial charge in [0.15, 0.2) is 0 Å². The quantitative estimate of drug-likeness (QED) is 0.925. The van der Waals surface area contributed by atoms with Gasteiger partial charge in [-0.15, -0.1) is 0 Å². The first-order valence-corrected chi connectivity index (χ1v) is 7.50. The SMILES string of the molecule is COCc1nc(C2CCC(C)(C)CC2)[nH]c(=O)c1Br. The van der Waals surface area contributed by atoms with Gasteiger partial charge in [0.1, 0.15) is 10.3 Å². The van der Waals surface area contributed by atoms with Crippen LogP contribution in [0.15, 0.2) is 9.27 Å². The van der Waals surface area contributed by atoms with E-state index in [1.807, 2.05) is 0 Å². The summed E-state index contributed by atoms with van der Waals surface area (Å²) >= 11 is 3.27. The number of H-pyrrole nitrogens is 1. The molecule has 4 nitrogen and oxygen atoms in total. The van der Waals surface area contributed by atoms with Gasteiger partial charge in [-0.3, -0.25) is 4.79 Å². The maximum Gasteiger partial charge on any atom is 0.265 e. The molecule has 0 amide bonds. The molecule has 1 aliphatic rings. The Labute approximate surface area is 122 Å². The summed E-state index contributed by atoms with van der Waals surface area (Å²) in [5.41, 5.74) is 0.995. The summed E-state index contributed by atoms with van der Waals surface area (Å²) in [7, 11) is 1.61. The highest BCUT2D eigenvalue weighted by Gasteiger charge is 2.29. The number of ether oxygens (including phenoxy) is 1. The molecule has 0 bridgehead atoms. The van der Waals surface area contributed by atoms with E-state index in [1.165, 1.54) is 12.8 Å². The monoisotopic (exact) mass is 328 g/mol. The summed E-state index contributed by atoms with van der Waals surface area (Å²) in [5.74, 6) is 1.18. The number of hydrogen-bond donors (Lipinski definition) is 1. The molecule has 0 radical (unpaired) electrons. The average molecular weight is 329 g/mol. The van der Waals surface area contributed by atoms with E-state index in [0.717, 1.165) is 18.7 Å². The molecule has 106 valence electrons. The van der Waals surface area contributed by atoms with Gasteiger partial charge in [0.05, 0.1) is 12.3 Å². The Hall–Kier alpha value is -0.680. The fourth-order valence-electron chi connectivity index (χ4n) is 2.62. The smallest absolute Gasteiger partial charge is 0.265 e. The molecule has 0 aliphatic heterocycles. The molecule has 0 atom stereocenters. The normalized spacial score (nSPS) is 19.6. The molecule has 1 aromatic heterocycles. The minimum absolute atomic E-state index is 0.109. The first kappa shape index (κ1) is 14.7. The first-order valence-electron chi connectivity index (χ1n) is 6.70. The van der Waals surface area contributed by atoms with Crippen LogP contribution in [0.5, 0.6) is 0 Å². The second-order valence-electron chi connectivity index (χ2n) is 6.08. The van der Waals surface area contributed by atoms with Crippen molar-refractivity contribution in [1.82, 2.24) is 9.97 Å². The van der Waals surface area contributed by atoms with Crippen LogP contribution in [0.4, 0.5) is 0 Å². The minimum atomic E-state index is -0.109. The third-order valence-corrected chi connectivity index (χ3v) is 4.77. The Morgan fingerprint density at radius 2 is 2.05 bits per heavy atom. The highest BCUT2D eigenvalue weighted by atomic mass is 79.9. The zero-order valence-electron chi connectivity index (χ0n) is 11.8. The Bertz CT molecular complexity index is 501. The van der Waals surface area contributed by atoms with Crippen molar-refractivity contribution in [1.29, 1.82) is 0 Å². The molecule has 0 spiro atoms. The fraction of sp³-hybridized carbons (Fsp3) is 0.714. The van der Waals surface area contributed by atoms with Gasteiger partial charge in [-0.05, 0) is 47.0 Å². The van der Waals surface area contributed by atoms with Gasteiger partial charge < -0.3 is 9.72 Å².